The lowest BCUT2D eigenvalue weighted by atomic mass is 9.95. The summed E-state index contributed by atoms with van der Waals surface area (Å²) >= 11 is 10.3. The minimum atomic E-state index is -0.129. The maximum Gasteiger partial charge on any atom is 0.253 e. The molecule has 0 aliphatic heterocycles. The molecule has 0 saturated heterocycles. The van der Waals surface area contributed by atoms with Gasteiger partial charge in [-0.1, -0.05) is 38.3 Å². The SMILES string of the molecule is CCC(CC)C(C)NC(=O)c1cc(S)ccc1Cl. The predicted octanol–water partition coefficient (Wildman–Crippen LogP) is 4.18. The van der Waals surface area contributed by atoms with Gasteiger partial charge in [-0.2, -0.15) is 0 Å². The molecule has 0 heterocycles. The van der Waals surface area contributed by atoms with Crippen molar-refractivity contribution in [2.24, 2.45) is 5.92 Å². The second-order valence-corrected chi connectivity index (χ2v) is 5.43. The van der Waals surface area contributed by atoms with Crippen LogP contribution in [0.25, 0.3) is 0 Å². The van der Waals surface area contributed by atoms with Crippen molar-refractivity contribution < 1.29 is 4.79 Å². The Hall–Kier alpha value is -0.670. The van der Waals surface area contributed by atoms with E-state index in [-0.39, 0.29) is 11.9 Å². The van der Waals surface area contributed by atoms with Crippen LogP contribution in [0.4, 0.5) is 0 Å². The number of carbonyl (C=O) groups excluding carboxylic acids is 1. The molecule has 100 valence electrons. The second-order valence-electron chi connectivity index (χ2n) is 4.50. The van der Waals surface area contributed by atoms with Crippen LogP contribution in [0.15, 0.2) is 23.1 Å². The highest BCUT2D eigenvalue weighted by Gasteiger charge is 2.18. The van der Waals surface area contributed by atoms with Crippen molar-refractivity contribution in [3.05, 3.63) is 28.8 Å². The van der Waals surface area contributed by atoms with Gasteiger partial charge < -0.3 is 5.32 Å². The number of amides is 1. The lowest BCUT2D eigenvalue weighted by Gasteiger charge is -2.22. The fourth-order valence-electron chi connectivity index (χ4n) is 2.09. The summed E-state index contributed by atoms with van der Waals surface area (Å²) in [5, 5.41) is 3.47. The molecule has 1 atom stereocenters. The fraction of sp³-hybridized carbons (Fsp3) is 0.500. The summed E-state index contributed by atoms with van der Waals surface area (Å²) in [6.07, 6.45) is 2.11. The Morgan fingerprint density at radius 3 is 2.56 bits per heavy atom. The Balaban J connectivity index is 2.79. The second kappa shape index (κ2) is 7.05. The molecule has 0 fully saturated rings. The number of halogens is 1. The molecule has 1 unspecified atom stereocenters. The zero-order valence-electron chi connectivity index (χ0n) is 11.0. The van der Waals surface area contributed by atoms with Crippen LogP contribution in [-0.4, -0.2) is 11.9 Å². The summed E-state index contributed by atoms with van der Waals surface area (Å²) in [6.45, 7) is 6.31. The van der Waals surface area contributed by atoms with E-state index in [4.69, 9.17) is 11.6 Å². The van der Waals surface area contributed by atoms with Gasteiger partial charge >= 0.3 is 0 Å². The topological polar surface area (TPSA) is 29.1 Å². The van der Waals surface area contributed by atoms with Crippen LogP contribution in [0.5, 0.6) is 0 Å². The molecular formula is C14H20ClNOS. The van der Waals surface area contributed by atoms with E-state index < -0.39 is 0 Å². The summed E-state index contributed by atoms with van der Waals surface area (Å²) in [6, 6.07) is 5.31. The number of hydrogen-bond donors (Lipinski definition) is 2. The molecule has 18 heavy (non-hydrogen) atoms. The number of thiol groups is 1. The van der Waals surface area contributed by atoms with Crippen LogP contribution in [0.2, 0.25) is 5.02 Å². The highest BCUT2D eigenvalue weighted by Crippen LogP contribution is 2.20. The van der Waals surface area contributed by atoms with Crippen molar-refractivity contribution in [2.75, 3.05) is 0 Å². The number of carbonyl (C=O) groups is 1. The summed E-state index contributed by atoms with van der Waals surface area (Å²) < 4.78 is 0. The quantitative estimate of drug-likeness (QED) is 0.781. The van der Waals surface area contributed by atoms with Crippen LogP contribution in [0.1, 0.15) is 44.0 Å². The van der Waals surface area contributed by atoms with Gasteiger partial charge in [0.2, 0.25) is 0 Å². The molecule has 1 aromatic carbocycles. The number of rotatable bonds is 5. The molecule has 0 spiro atoms. The van der Waals surface area contributed by atoms with Gasteiger partial charge in [-0.3, -0.25) is 4.79 Å². The van der Waals surface area contributed by atoms with Crippen LogP contribution < -0.4 is 5.32 Å². The Morgan fingerprint density at radius 1 is 1.39 bits per heavy atom. The average molecular weight is 286 g/mol. The Bertz CT molecular complexity index is 418. The maximum atomic E-state index is 12.1. The molecule has 1 amide bonds. The van der Waals surface area contributed by atoms with Crippen molar-refractivity contribution >= 4 is 30.1 Å². The highest BCUT2D eigenvalue weighted by atomic mass is 35.5. The van der Waals surface area contributed by atoms with Crippen LogP contribution >= 0.6 is 24.2 Å². The zero-order valence-corrected chi connectivity index (χ0v) is 12.7. The first-order chi connectivity index (χ1) is 8.49. The minimum Gasteiger partial charge on any atom is -0.349 e. The van der Waals surface area contributed by atoms with Crippen LogP contribution in [0.3, 0.4) is 0 Å². The van der Waals surface area contributed by atoms with Crippen molar-refractivity contribution in [1.29, 1.82) is 0 Å². The summed E-state index contributed by atoms with van der Waals surface area (Å²) in [5.74, 6) is 0.363. The Kier molecular flexibility index (Phi) is 6.03. The number of nitrogens with one attached hydrogen (secondary N) is 1. The van der Waals surface area contributed by atoms with E-state index >= 15 is 0 Å². The molecule has 0 radical (unpaired) electrons. The fourth-order valence-corrected chi connectivity index (χ4v) is 2.49. The van der Waals surface area contributed by atoms with Gasteiger partial charge in [0.1, 0.15) is 0 Å². The van der Waals surface area contributed by atoms with Crippen LogP contribution in [-0.2, 0) is 0 Å². The lowest BCUT2D eigenvalue weighted by molar-refractivity contribution is 0.0925. The van der Waals surface area contributed by atoms with Gasteiger partial charge in [-0.05, 0) is 31.0 Å². The third-order valence-corrected chi connectivity index (χ3v) is 3.92. The highest BCUT2D eigenvalue weighted by molar-refractivity contribution is 7.80. The molecule has 0 aromatic heterocycles. The minimum absolute atomic E-state index is 0.129. The first-order valence-electron chi connectivity index (χ1n) is 6.28. The van der Waals surface area contributed by atoms with Crippen molar-refractivity contribution in [3.63, 3.8) is 0 Å². The zero-order chi connectivity index (χ0) is 13.7. The summed E-state index contributed by atoms with van der Waals surface area (Å²) in [5.41, 5.74) is 0.488. The van der Waals surface area contributed by atoms with E-state index in [0.717, 1.165) is 17.7 Å². The monoisotopic (exact) mass is 285 g/mol. The third-order valence-electron chi connectivity index (χ3n) is 3.31. The van der Waals surface area contributed by atoms with Crippen molar-refractivity contribution in [1.82, 2.24) is 5.32 Å². The van der Waals surface area contributed by atoms with Gasteiger partial charge in [0.25, 0.3) is 5.91 Å². The molecule has 0 aliphatic rings. The first-order valence-corrected chi connectivity index (χ1v) is 7.11. The molecule has 4 heteroatoms. The Labute approximate surface area is 120 Å². The van der Waals surface area contributed by atoms with E-state index in [1.807, 2.05) is 6.92 Å². The normalized spacial score (nSPS) is 12.6. The standard InChI is InChI=1S/C14H20ClNOS/c1-4-10(5-2)9(3)16-14(17)12-8-11(18)6-7-13(12)15/h6-10,18H,4-5H2,1-3H3,(H,16,17). The summed E-state index contributed by atoms with van der Waals surface area (Å²) in [4.78, 5) is 12.9. The maximum absolute atomic E-state index is 12.1. The molecule has 0 bridgehead atoms. The average Bonchev–Trinajstić information content (AvgIpc) is 2.33. The predicted molar refractivity (Wildman–Crippen MR) is 79.7 cm³/mol. The third kappa shape index (κ3) is 3.92. The molecule has 2 nitrogen and oxygen atoms in total. The van der Waals surface area contributed by atoms with Gasteiger partial charge in [0, 0.05) is 10.9 Å². The molecule has 1 aromatic rings. The van der Waals surface area contributed by atoms with Gasteiger partial charge in [0.05, 0.1) is 10.6 Å². The number of hydrogen-bond acceptors (Lipinski definition) is 2. The smallest absolute Gasteiger partial charge is 0.253 e. The lowest BCUT2D eigenvalue weighted by Crippen LogP contribution is -2.37. The summed E-state index contributed by atoms with van der Waals surface area (Å²) in [7, 11) is 0. The molecule has 0 aliphatic carbocycles. The molecule has 1 N–H and O–H groups in total. The Morgan fingerprint density at radius 2 is 2.00 bits per heavy atom. The van der Waals surface area contributed by atoms with E-state index in [9.17, 15) is 4.79 Å². The van der Waals surface area contributed by atoms with Gasteiger partial charge in [-0.25, -0.2) is 0 Å². The van der Waals surface area contributed by atoms with Crippen LogP contribution in [0, 0.1) is 5.92 Å². The largest absolute Gasteiger partial charge is 0.349 e. The van der Waals surface area contributed by atoms with E-state index in [2.05, 4.69) is 31.8 Å². The van der Waals surface area contributed by atoms with Gasteiger partial charge in [-0.15, -0.1) is 12.6 Å². The van der Waals surface area contributed by atoms with E-state index in [1.54, 1.807) is 18.2 Å². The molecular weight excluding hydrogens is 266 g/mol. The van der Waals surface area contributed by atoms with Crippen molar-refractivity contribution in [2.45, 2.75) is 44.6 Å². The van der Waals surface area contributed by atoms with E-state index in [1.165, 1.54) is 0 Å². The first kappa shape index (κ1) is 15.4. The number of benzene rings is 1. The van der Waals surface area contributed by atoms with E-state index in [0.29, 0.717) is 16.5 Å². The molecule has 0 saturated carbocycles. The van der Waals surface area contributed by atoms with Crippen molar-refractivity contribution in [3.8, 4) is 0 Å². The van der Waals surface area contributed by atoms with Gasteiger partial charge in [0.15, 0.2) is 0 Å². The molecule has 1 rings (SSSR count).